The van der Waals surface area contributed by atoms with Gasteiger partial charge in [0, 0.05) is 30.1 Å². The third kappa shape index (κ3) is 10.9. The van der Waals surface area contributed by atoms with Crippen LogP contribution in [0.3, 0.4) is 0 Å². The van der Waals surface area contributed by atoms with Gasteiger partial charge in [-0.05, 0) is 42.9 Å². The third-order valence-corrected chi connectivity index (χ3v) is 6.91. The first kappa shape index (κ1) is 33.9. The number of amides is 3. The largest absolute Gasteiger partial charge is 0.481 e. The molecule has 0 saturated carbocycles. The number of nitrogens with zero attached hydrogens (tertiary/aromatic N) is 1. The molecule has 4 atom stereocenters. The summed E-state index contributed by atoms with van der Waals surface area (Å²) in [7, 11) is 0. The Morgan fingerprint density at radius 3 is 2.24 bits per heavy atom. The highest BCUT2D eigenvalue weighted by Gasteiger charge is 2.31. The topological polar surface area (TPSA) is 268 Å². The molecule has 42 heavy (non-hydrogen) atoms. The monoisotopic (exact) mass is 606 g/mol. The predicted octanol–water partition coefficient (Wildman–Crippen LogP) is -1.14. The quantitative estimate of drug-likeness (QED) is 0.0556. The Morgan fingerprint density at radius 2 is 1.60 bits per heavy atom. The number of aliphatic carboxylic acids is 2. The van der Waals surface area contributed by atoms with E-state index in [1.54, 1.807) is 12.5 Å². The van der Waals surface area contributed by atoms with Gasteiger partial charge in [-0.3, -0.25) is 24.2 Å². The maximum absolute atomic E-state index is 13.6. The number of thioether (sulfide) groups is 1. The Bertz CT molecular complexity index is 1280. The molecule has 4 unspecified atom stereocenters. The molecule has 15 nitrogen and oxygen atoms in total. The fraction of sp³-hybridized carbons (Fsp3) is 0.462. The molecular formula is C26H38N8O7S. The zero-order valence-electron chi connectivity index (χ0n) is 23.2. The Balaban J connectivity index is 2.32. The van der Waals surface area contributed by atoms with Gasteiger partial charge in [-0.1, -0.05) is 18.2 Å². The number of aromatic nitrogens is 1. The molecule has 0 aliphatic rings. The fourth-order valence-electron chi connectivity index (χ4n) is 4.10. The van der Waals surface area contributed by atoms with Crippen LogP contribution in [0.25, 0.3) is 10.9 Å². The zero-order valence-corrected chi connectivity index (χ0v) is 24.0. The lowest BCUT2D eigenvalue weighted by molar-refractivity contribution is -0.142. The minimum absolute atomic E-state index is 0.0187. The summed E-state index contributed by atoms with van der Waals surface area (Å²) in [5.41, 5.74) is 17.9. The molecule has 0 saturated heterocycles. The van der Waals surface area contributed by atoms with Crippen LogP contribution in [0.1, 0.15) is 31.2 Å². The summed E-state index contributed by atoms with van der Waals surface area (Å²) in [6.07, 6.45) is 3.29. The van der Waals surface area contributed by atoms with E-state index in [2.05, 4.69) is 25.9 Å². The van der Waals surface area contributed by atoms with Crippen molar-refractivity contribution in [3.63, 3.8) is 0 Å². The van der Waals surface area contributed by atoms with Crippen molar-refractivity contribution in [1.82, 2.24) is 20.9 Å². The van der Waals surface area contributed by atoms with Crippen LogP contribution in [0.5, 0.6) is 0 Å². The van der Waals surface area contributed by atoms with Crippen LogP contribution < -0.4 is 33.2 Å². The van der Waals surface area contributed by atoms with Crippen LogP contribution in [-0.2, 0) is 30.4 Å². The molecule has 2 aromatic rings. The predicted molar refractivity (Wildman–Crippen MR) is 159 cm³/mol. The molecule has 16 heteroatoms. The van der Waals surface area contributed by atoms with E-state index < -0.39 is 60.2 Å². The summed E-state index contributed by atoms with van der Waals surface area (Å²) in [5, 5.41) is 27.0. The number of carboxylic acids is 2. The van der Waals surface area contributed by atoms with Crippen molar-refractivity contribution in [2.45, 2.75) is 56.3 Å². The van der Waals surface area contributed by atoms with Crippen molar-refractivity contribution >= 4 is 58.3 Å². The number of nitrogens with one attached hydrogen (secondary N) is 4. The van der Waals surface area contributed by atoms with Gasteiger partial charge in [0.15, 0.2) is 5.96 Å². The molecular weight excluding hydrogens is 568 g/mol. The summed E-state index contributed by atoms with van der Waals surface area (Å²) in [6.45, 7) is 0.149. The van der Waals surface area contributed by atoms with Crippen LogP contribution in [0, 0.1) is 0 Å². The van der Waals surface area contributed by atoms with E-state index in [4.69, 9.17) is 22.3 Å². The van der Waals surface area contributed by atoms with Gasteiger partial charge < -0.3 is 48.3 Å². The number of rotatable bonds is 18. The number of guanidine groups is 1. The second-order valence-electron chi connectivity index (χ2n) is 9.52. The van der Waals surface area contributed by atoms with E-state index in [1.165, 1.54) is 11.8 Å². The number of nitrogens with two attached hydrogens (primary N) is 3. The highest BCUT2D eigenvalue weighted by atomic mass is 32.2. The van der Waals surface area contributed by atoms with Gasteiger partial charge in [0.25, 0.3) is 0 Å². The molecule has 230 valence electrons. The molecule has 1 aromatic heterocycles. The van der Waals surface area contributed by atoms with Gasteiger partial charge in [-0.2, -0.15) is 11.8 Å². The molecule has 12 N–H and O–H groups in total. The number of hydrogen-bond acceptors (Lipinski definition) is 8. The van der Waals surface area contributed by atoms with Crippen molar-refractivity contribution < 1.29 is 34.2 Å². The number of hydrogen-bond donors (Lipinski definition) is 9. The number of benzene rings is 1. The minimum atomic E-state index is -1.42. The number of carbonyl (C=O) groups is 5. The third-order valence-electron chi connectivity index (χ3n) is 6.27. The van der Waals surface area contributed by atoms with E-state index in [-0.39, 0.29) is 38.2 Å². The number of para-hydroxylation sites is 1. The molecule has 1 aromatic carbocycles. The van der Waals surface area contributed by atoms with E-state index in [9.17, 15) is 29.1 Å². The summed E-state index contributed by atoms with van der Waals surface area (Å²) in [5.74, 6) is -4.54. The normalized spacial score (nSPS) is 13.8. The summed E-state index contributed by atoms with van der Waals surface area (Å²) in [6, 6.07) is 2.24. The maximum atomic E-state index is 13.6. The number of carboxylic acid groups (broad SMARTS) is 2. The molecule has 0 aliphatic carbocycles. The van der Waals surface area contributed by atoms with Crippen molar-refractivity contribution in [3.05, 3.63) is 36.0 Å². The second kappa shape index (κ2) is 16.8. The standard InChI is InChI=1S/C26H38N8O7S/c1-42-10-8-19(25(40)41)33-23(38)18(7-4-9-30-26(28)29)32-24(39)20(34-22(37)16(27)12-21(35)36)11-14-13-31-17-6-3-2-5-15(14)17/h2-3,5-6,13,16,18-20,31H,4,7-12,27H2,1H3,(H,32,39)(H,33,38)(H,34,37)(H,35,36)(H,40,41)(H4,28,29,30). The number of aromatic amines is 1. The second-order valence-corrected chi connectivity index (χ2v) is 10.5. The van der Waals surface area contributed by atoms with Crippen molar-refractivity contribution in [2.75, 3.05) is 18.6 Å². The lowest BCUT2D eigenvalue weighted by Gasteiger charge is -2.25. The average molecular weight is 607 g/mol. The van der Waals surface area contributed by atoms with Crippen LogP contribution in [-0.4, -0.2) is 93.5 Å². The fourth-order valence-corrected chi connectivity index (χ4v) is 4.57. The van der Waals surface area contributed by atoms with Crippen molar-refractivity contribution in [1.29, 1.82) is 0 Å². The Morgan fingerprint density at radius 1 is 0.952 bits per heavy atom. The lowest BCUT2D eigenvalue weighted by atomic mass is 10.0. The lowest BCUT2D eigenvalue weighted by Crippen LogP contribution is -2.57. The SMILES string of the molecule is CSCCC(NC(=O)C(CCCN=C(N)N)NC(=O)C(Cc1c[nH]c2ccccc12)NC(=O)C(N)CC(=O)O)C(=O)O. The Labute approximate surface area is 246 Å². The van der Waals surface area contributed by atoms with Gasteiger partial charge in [-0.15, -0.1) is 0 Å². The Hall–Kier alpha value is -4.31. The van der Waals surface area contributed by atoms with Gasteiger partial charge in [0.05, 0.1) is 12.5 Å². The highest BCUT2D eigenvalue weighted by Crippen LogP contribution is 2.19. The molecule has 0 radical (unpaired) electrons. The number of fused-ring (bicyclic) bond motifs is 1. The van der Waals surface area contributed by atoms with Crippen LogP contribution >= 0.6 is 11.8 Å². The molecule has 3 amide bonds. The maximum Gasteiger partial charge on any atom is 0.326 e. The van der Waals surface area contributed by atoms with Gasteiger partial charge in [0.2, 0.25) is 17.7 Å². The van der Waals surface area contributed by atoms with Crippen molar-refractivity contribution in [2.24, 2.45) is 22.2 Å². The van der Waals surface area contributed by atoms with Crippen molar-refractivity contribution in [3.8, 4) is 0 Å². The van der Waals surface area contributed by atoms with E-state index in [0.717, 1.165) is 10.9 Å². The molecule has 0 bridgehead atoms. The highest BCUT2D eigenvalue weighted by molar-refractivity contribution is 7.98. The Kier molecular flexibility index (Phi) is 13.6. The molecule has 1 heterocycles. The summed E-state index contributed by atoms with van der Waals surface area (Å²) < 4.78 is 0. The minimum Gasteiger partial charge on any atom is -0.481 e. The van der Waals surface area contributed by atoms with E-state index >= 15 is 0 Å². The number of carbonyl (C=O) groups excluding carboxylic acids is 3. The smallest absolute Gasteiger partial charge is 0.326 e. The van der Waals surface area contributed by atoms with Crippen LogP contribution in [0.15, 0.2) is 35.5 Å². The average Bonchev–Trinajstić information content (AvgIpc) is 3.34. The first-order valence-corrected chi connectivity index (χ1v) is 14.5. The van der Waals surface area contributed by atoms with Gasteiger partial charge >= 0.3 is 11.9 Å². The number of H-pyrrole nitrogens is 1. The van der Waals surface area contributed by atoms with Crippen LogP contribution in [0.4, 0.5) is 0 Å². The van der Waals surface area contributed by atoms with Gasteiger partial charge in [-0.25, -0.2) is 4.79 Å². The summed E-state index contributed by atoms with van der Waals surface area (Å²) in [4.78, 5) is 69.2. The molecule has 2 rings (SSSR count). The number of aliphatic imine (C=N–C) groups is 1. The van der Waals surface area contributed by atoms with E-state index in [1.807, 2.05) is 24.3 Å². The molecule has 0 fully saturated rings. The first-order chi connectivity index (χ1) is 19.9. The van der Waals surface area contributed by atoms with Crippen LogP contribution in [0.2, 0.25) is 0 Å². The molecule has 0 aliphatic heterocycles. The summed E-state index contributed by atoms with van der Waals surface area (Å²) >= 11 is 1.42. The first-order valence-electron chi connectivity index (χ1n) is 13.1. The van der Waals surface area contributed by atoms with Gasteiger partial charge in [0.1, 0.15) is 18.1 Å². The van der Waals surface area contributed by atoms with E-state index in [0.29, 0.717) is 11.3 Å². The zero-order chi connectivity index (χ0) is 31.2. The molecule has 0 spiro atoms.